The quantitative estimate of drug-likeness (QED) is 0.502. The maximum Gasteiger partial charge on any atom is 0.225 e. The summed E-state index contributed by atoms with van der Waals surface area (Å²) in [4.78, 5) is 1.49. The Bertz CT molecular complexity index is 265. The third-order valence-electron chi connectivity index (χ3n) is 2.70. The molecule has 2 heteroatoms. The van der Waals surface area contributed by atoms with Crippen molar-refractivity contribution < 1.29 is 4.57 Å². The van der Waals surface area contributed by atoms with Crippen LogP contribution in [0.3, 0.4) is 0 Å². The van der Waals surface area contributed by atoms with Gasteiger partial charge in [0.05, 0.1) is 4.88 Å². The van der Waals surface area contributed by atoms with Gasteiger partial charge in [0.25, 0.3) is 0 Å². The lowest BCUT2D eigenvalue weighted by Crippen LogP contribution is -2.35. The summed E-state index contributed by atoms with van der Waals surface area (Å²) in [7, 11) is 0. The fourth-order valence-electron chi connectivity index (χ4n) is 1.83. The zero-order valence-corrected chi connectivity index (χ0v) is 10.5. The number of aromatic nitrogens is 1. The molecule has 80 valence electrons. The molecule has 0 atom stereocenters. The van der Waals surface area contributed by atoms with Crippen molar-refractivity contribution in [3.8, 4) is 0 Å². The Morgan fingerprint density at radius 2 is 2.00 bits per heavy atom. The lowest BCUT2D eigenvalue weighted by molar-refractivity contribution is -0.699. The highest BCUT2D eigenvalue weighted by Crippen LogP contribution is 2.10. The summed E-state index contributed by atoms with van der Waals surface area (Å²) in [6.07, 6.45) is 6.59. The van der Waals surface area contributed by atoms with E-state index in [9.17, 15) is 0 Å². The molecule has 1 nitrogen and oxygen atoms in total. The smallest absolute Gasteiger partial charge is 0.192 e. The minimum absolute atomic E-state index is 1.17. The molecule has 0 fully saturated rings. The monoisotopic (exact) mass is 212 g/mol. The molecule has 14 heavy (non-hydrogen) atoms. The van der Waals surface area contributed by atoms with E-state index < -0.39 is 0 Å². The molecule has 0 radical (unpaired) electrons. The standard InChI is InChI=1S/C12H22NS/c1-4-6-7-8-9-13-10-14-11(3)12(13)5-2/h10H,4-9H2,1-3H3/q+1. The van der Waals surface area contributed by atoms with E-state index in [4.69, 9.17) is 0 Å². The second-order valence-corrected chi connectivity index (χ2v) is 4.89. The second kappa shape index (κ2) is 6.18. The molecule has 0 spiro atoms. The van der Waals surface area contributed by atoms with Crippen molar-refractivity contribution in [2.45, 2.75) is 59.4 Å². The van der Waals surface area contributed by atoms with E-state index in [1.165, 1.54) is 49.2 Å². The van der Waals surface area contributed by atoms with Crippen molar-refractivity contribution in [2.75, 3.05) is 0 Å². The van der Waals surface area contributed by atoms with E-state index in [2.05, 4.69) is 30.8 Å². The van der Waals surface area contributed by atoms with E-state index in [-0.39, 0.29) is 0 Å². The van der Waals surface area contributed by atoms with Gasteiger partial charge in [0, 0.05) is 12.8 Å². The van der Waals surface area contributed by atoms with Gasteiger partial charge in [0.15, 0.2) is 5.69 Å². The summed E-state index contributed by atoms with van der Waals surface area (Å²) < 4.78 is 2.44. The van der Waals surface area contributed by atoms with Gasteiger partial charge in [-0.1, -0.05) is 38.0 Å². The molecule has 0 bridgehead atoms. The van der Waals surface area contributed by atoms with Crippen molar-refractivity contribution in [1.82, 2.24) is 0 Å². The van der Waals surface area contributed by atoms with Gasteiger partial charge >= 0.3 is 0 Å². The lowest BCUT2D eigenvalue weighted by atomic mass is 10.2. The molecule has 1 aromatic rings. The van der Waals surface area contributed by atoms with Crippen LogP contribution in [0.1, 0.15) is 50.1 Å². The lowest BCUT2D eigenvalue weighted by Gasteiger charge is -1.97. The third-order valence-corrected chi connectivity index (χ3v) is 3.65. The van der Waals surface area contributed by atoms with Gasteiger partial charge in [0.2, 0.25) is 5.51 Å². The summed E-state index contributed by atoms with van der Waals surface area (Å²) in [6.45, 7) is 7.95. The van der Waals surface area contributed by atoms with Crippen molar-refractivity contribution in [2.24, 2.45) is 0 Å². The Hall–Kier alpha value is -0.370. The van der Waals surface area contributed by atoms with Crippen LogP contribution in [0.25, 0.3) is 0 Å². The molecular weight excluding hydrogens is 190 g/mol. The first kappa shape index (κ1) is 11.7. The SMILES string of the molecule is CCCCCC[n+]1csc(C)c1CC. The molecule has 0 unspecified atom stereocenters. The highest BCUT2D eigenvalue weighted by atomic mass is 32.1. The predicted octanol–water partition coefficient (Wildman–Crippen LogP) is 3.49. The minimum atomic E-state index is 1.17. The molecule has 0 N–H and O–H groups in total. The zero-order chi connectivity index (χ0) is 10.4. The fourth-order valence-corrected chi connectivity index (χ4v) is 2.74. The molecule has 1 heterocycles. The van der Waals surface area contributed by atoms with Crippen LogP contribution in [0.15, 0.2) is 5.51 Å². The fraction of sp³-hybridized carbons (Fsp3) is 0.750. The van der Waals surface area contributed by atoms with Crippen LogP contribution in [-0.2, 0) is 13.0 Å². The summed E-state index contributed by atoms with van der Waals surface area (Å²) in [5.74, 6) is 0. The van der Waals surface area contributed by atoms with E-state index in [1.807, 2.05) is 11.3 Å². The first-order valence-electron chi connectivity index (χ1n) is 5.76. The number of rotatable bonds is 6. The first-order chi connectivity index (χ1) is 6.79. The van der Waals surface area contributed by atoms with Crippen LogP contribution in [0, 0.1) is 6.92 Å². The number of thiazole rings is 1. The third kappa shape index (κ3) is 3.09. The van der Waals surface area contributed by atoms with E-state index in [0.717, 1.165) is 0 Å². The number of hydrogen-bond donors (Lipinski definition) is 0. The number of aryl methyl sites for hydroxylation is 2. The van der Waals surface area contributed by atoms with Crippen molar-refractivity contribution in [3.05, 3.63) is 16.1 Å². The van der Waals surface area contributed by atoms with Gasteiger partial charge < -0.3 is 0 Å². The molecule has 0 aliphatic heterocycles. The summed E-state index contributed by atoms with van der Waals surface area (Å²) in [5, 5.41) is 0. The van der Waals surface area contributed by atoms with Gasteiger partial charge in [-0.2, -0.15) is 4.57 Å². The molecule has 0 amide bonds. The average Bonchev–Trinajstić information content (AvgIpc) is 2.54. The van der Waals surface area contributed by atoms with Crippen molar-refractivity contribution in [1.29, 1.82) is 0 Å². The van der Waals surface area contributed by atoms with E-state index >= 15 is 0 Å². The molecule has 1 rings (SSSR count). The van der Waals surface area contributed by atoms with E-state index in [1.54, 1.807) is 0 Å². The van der Waals surface area contributed by atoms with E-state index in [0.29, 0.717) is 0 Å². The largest absolute Gasteiger partial charge is 0.225 e. The van der Waals surface area contributed by atoms with Gasteiger partial charge in [-0.25, -0.2) is 0 Å². The maximum absolute atomic E-state index is 2.44. The average molecular weight is 212 g/mol. The Morgan fingerprint density at radius 3 is 2.64 bits per heavy atom. The van der Waals surface area contributed by atoms with Crippen LogP contribution in [0.2, 0.25) is 0 Å². The molecular formula is C12H22NS+. The molecule has 0 saturated heterocycles. The summed E-state index contributed by atoms with van der Waals surface area (Å²) >= 11 is 1.88. The summed E-state index contributed by atoms with van der Waals surface area (Å²) in [6, 6.07) is 0. The Morgan fingerprint density at radius 1 is 1.21 bits per heavy atom. The highest BCUT2D eigenvalue weighted by Gasteiger charge is 2.13. The van der Waals surface area contributed by atoms with Gasteiger partial charge in [0.1, 0.15) is 6.54 Å². The van der Waals surface area contributed by atoms with Crippen molar-refractivity contribution >= 4 is 11.3 Å². The van der Waals surface area contributed by atoms with Crippen LogP contribution in [0.5, 0.6) is 0 Å². The zero-order valence-electron chi connectivity index (χ0n) is 9.68. The Kier molecular flexibility index (Phi) is 5.16. The van der Waals surface area contributed by atoms with Gasteiger partial charge in [-0.05, 0) is 13.3 Å². The van der Waals surface area contributed by atoms with Gasteiger partial charge in [-0.3, -0.25) is 0 Å². The molecule has 0 aliphatic rings. The molecule has 0 saturated carbocycles. The topological polar surface area (TPSA) is 3.88 Å². The van der Waals surface area contributed by atoms with Crippen LogP contribution in [0.4, 0.5) is 0 Å². The molecule has 0 aromatic carbocycles. The Balaban J connectivity index is 2.42. The molecule has 0 aliphatic carbocycles. The van der Waals surface area contributed by atoms with Crippen LogP contribution in [-0.4, -0.2) is 0 Å². The van der Waals surface area contributed by atoms with Gasteiger partial charge in [-0.15, -0.1) is 0 Å². The first-order valence-corrected chi connectivity index (χ1v) is 6.64. The second-order valence-electron chi connectivity index (χ2n) is 3.83. The number of unbranched alkanes of at least 4 members (excludes halogenated alkanes) is 3. The van der Waals surface area contributed by atoms with Crippen LogP contribution < -0.4 is 4.57 Å². The summed E-state index contributed by atoms with van der Waals surface area (Å²) in [5.41, 5.74) is 3.81. The number of hydrogen-bond acceptors (Lipinski definition) is 1. The Labute approximate surface area is 91.8 Å². The minimum Gasteiger partial charge on any atom is -0.192 e. The van der Waals surface area contributed by atoms with Crippen molar-refractivity contribution in [3.63, 3.8) is 0 Å². The number of nitrogens with zero attached hydrogens (tertiary/aromatic N) is 1. The molecule has 1 aromatic heterocycles. The highest BCUT2D eigenvalue weighted by molar-refractivity contribution is 7.09. The van der Waals surface area contributed by atoms with Crippen LogP contribution >= 0.6 is 11.3 Å². The maximum atomic E-state index is 2.44. The predicted molar refractivity (Wildman–Crippen MR) is 62.8 cm³/mol. The normalized spacial score (nSPS) is 10.8.